The van der Waals surface area contributed by atoms with Gasteiger partial charge in [-0.15, -0.1) is 0 Å². The van der Waals surface area contributed by atoms with Gasteiger partial charge in [-0.05, 0) is 37.4 Å². The monoisotopic (exact) mass is 245 g/mol. The highest BCUT2D eigenvalue weighted by molar-refractivity contribution is 5.96. The number of ether oxygens (including phenoxy) is 2. The van der Waals surface area contributed by atoms with Gasteiger partial charge < -0.3 is 14.8 Å². The van der Waals surface area contributed by atoms with Crippen molar-refractivity contribution in [3.8, 4) is 11.5 Å². The maximum Gasteiger partial charge on any atom is 0.162 e. The topological polar surface area (TPSA) is 30.5 Å². The summed E-state index contributed by atoms with van der Waals surface area (Å²) in [6.45, 7) is 4.02. The van der Waals surface area contributed by atoms with Crippen molar-refractivity contribution >= 4 is 16.5 Å². The third kappa shape index (κ3) is 2.35. The Hall–Kier alpha value is -1.90. The van der Waals surface area contributed by atoms with Crippen molar-refractivity contribution in [2.45, 2.75) is 20.0 Å². The van der Waals surface area contributed by atoms with Gasteiger partial charge in [0, 0.05) is 18.1 Å². The highest BCUT2D eigenvalue weighted by Crippen LogP contribution is 2.35. The van der Waals surface area contributed by atoms with Crippen LogP contribution in [0.5, 0.6) is 11.5 Å². The average molecular weight is 245 g/mol. The first-order valence-electron chi connectivity index (χ1n) is 6.11. The summed E-state index contributed by atoms with van der Waals surface area (Å²) in [5, 5.41) is 5.46. The van der Waals surface area contributed by atoms with Gasteiger partial charge in [-0.3, -0.25) is 0 Å². The molecule has 18 heavy (non-hydrogen) atoms. The van der Waals surface area contributed by atoms with E-state index in [-0.39, 0.29) is 6.10 Å². The van der Waals surface area contributed by atoms with Crippen LogP contribution >= 0.6 is 0 Å². The molecule has 1 N–H and O–H groups in total. The van der Waals surface area contributed by atoms with Crippen molar-refractivity contribution in [3.63, 3.8) is 0 Å². The fourth-order valence-electron chi connectivity index (χ4n) is 2.01. The standard InChI is InChI=1S/C15H19NO2/c1-10(2)18-15-9-12-11(8-14(15)17-4)6-5-7-13(12)16-3/h5-10,16H,1-4H3. The smallest absolute Gasteiger partial charge is 0.162 e. The summed E-state index contributed by atoms with van der Waals surface area (Å²) in [5.41, 5.74) is 1.09. The molecule has 2 rings (SSSR count). The Labute approximate surface area is 108 Å². The van der Waals surface area contributed by atoms with Gasteiger partial charge in [0.2, 0.25) is 0 Å². The van der Waals surface area contributed by atoms with Gasteiger partial charge in [-0.1, -0.05) is 12.1 Å². The molecule has 0 amide bonds. The fraction of sp³-hybridized carbons (Fsp3) is 0.333. The average Bonchev–Trinajstić information content (AvgIpc) is 2.36. The minimum absolute atomic E-state index is 0.123. The van der Waals surface area contributed by atoms with Crippen molar-refractivity contribution in [3.05, 3.63) is 30.3 Å². The van der Waals surface area contributed by atoms with Crippen LogP contribution in [0.3, 0.4) is 0 Å². The molecule has 0 bridgehead atoms. The van der Waals surface area contributed by atoms with Crippen LogP contribution in [0.4, 0.5) is 5.69 Å². The maximum atomic E-state index is 5.79. The van der Waals surface area contributed by atoms with Crippen LogP contribution in [0.2, 0.25) is 0 Å². The summed E-state index contributed by atoms with van der Waals surface area (Å²) in [6.07, 6.45) is 0.123. The normalized spacial score (nSPS) is 10.7. The number of nitrogens with one attached hydrogen (secondary N) is 1. The molecule has 0 saturated heterocycles. The summed E-state index contributed by atoms with van der Waals surface area (Å²) < 4.78 is 11.2. The molecule has 0 aliphatic rings. The molecule has 0 spiro atoms. The van der Waals surface area contributed by atoms with Crippen molar-refractivity contribution in [2.75, 3.05) is 19.5 Å². The van der Waals surface area contributed by atoms with E-state index in [1.807, 2.05) is 45.2 Å². The number of hydrogen-bond donors (Lipinski definition) is 1. The van der Waals surface area contributed by atoms with Gasteiger partial charge in [0.1, 0.15) is 0 Å². The highest BCUT2D eigenvalue weighted by Gasteiger charge is 2.10. The second-order valence-corrected chi connectivity index (χ2v) is 4.45. The first kappa shape index (κ1) is 12.6. The number of hydrogen-bond acceptors (Lipinski definition) is 3. The van der Waals surface area contributed by atoms with Gasteiger partial charge in [0.15, 0.2) is 11.5 Å². The molecule has 2 aromatic carbocycles. The minimum Gasteiger partial charge on any atom is -0.493 e. The van der Waals surface area contributed by atoms with Crippen LogP contribution in [0.25, 0.3) is 10.8 Å². The fourth-order valence-corrected chi connectivity index (χ4v) is 2.01. The first-order valence-corrected chi connectivity index (χ1v) is 6.11. The molecular formula is C15H19NO2. The van der Waals surface area contributed by atoms with E-state index < -0.39 is 0 Å². The zero-order valence-corrected chi connectivity index (χ0v) is 11.3. The third-order valence-corrected chi connectivity index (χ3v) is 2.80. The molecular weight excluding hydrogens is 226 g/mol. The van der Waals surface area contributed by atoms with Gasteiger partial charge in [0.05, 0.1) is 13.2 Å². The van der Waals surface area contributed by atoms with Gasteiger partial charge in [0.25, 0.3) is 0 Å². The predicted molar refractivity (Wildman–Crippen MR) is 75.8 cm³/mol. The van der Waals surface area contributed by atoms with Crippen molar-refractivity contribution in [1.29, 1.82) is 0 Å². The van der Waals surface area contributed by atoms with Crippen LogP contribution in [0, 0.1) is 0 Å². The number of benzene rings is 2. The largest absolute Gasteiger partial charge is 0.493 e. The number of anilines is 1. The van der Waals surface area contributed by atoms with Gasteiger partial charge in [-0.2, -0.15) is 0 Å². The predicted octanol–water partition coefficient (Wildman–Crippen LogP) is 3.68. The second-order valence-electron chi connectivity index (χ2n) is 4.45. The first-order chi connectivity index (χ1) is 8.65. The van der Waals surface area contributed by atoms with Crippen LogP contribution in [-0.2, 0) is 0 Å². The Morgan fingerprint density at radius 3 is 2.50 bits per heavy atom. The van der Waals surface area contributed by atoms with E-state index in [4.69, 9.17) is 9.47 Å². The Kier molecular flexibility index (Phi) is 3.60. The lowest BCUT2D eigenvalue weighted by Gasteiger charge is -2.15. The molecule has 0 atom stereocenters. The Morgan fingerprint density at radius 1 is 1.11 bits per heavy atom. The van der Waals surface area contributed by atoms with E-state index in [2.05, 4.69) is 11.4 Å². The molecule has 0 unspecified atom stereocenters. The second kappa shape index (κ2) is 5.17. The summed E-state index contributed by atoms with van der Waals surface area (Å²) in [7, 11) is 3.58. The maximum absolute atomic E-state index is 5.79. The zero-order chi connectivity index (χ0) is 13.1. The highest BCUT2D eigenvalue weighted by atomic mass is 16.5. The summed E-state index contributed by atoms with van der Waals surface area (Å²) >= 11 is 0. The molecule has 0 aromatic heterocycles. The molecule has 0 saturated carbocycles. The zero-order valence-electron chi connectivity index (χ0n) is 11.3. The van der Waals surface area contributed by atoms with E-state index in [9.17, 15) is 0 Å². The van der Waals surface area contributed by atoms with E-state index in [1.54, 1.807) is 7.11 Å². The Bertz CT molecular complexity index is 549. The number of rotatable bonds is 4. The molecule has 3 heteroatoms. The number of methoxy groups -OCH3 is 1. The molecule has 0 aliphatic carbocycles. The molecule has 0 fully saturated rings. The van der Waals surface area contributed by atoms with E-state index in [0.29, 0.717) is 0 Å². The molecule has 0 aliphatic heterocycles. The summed E-state index contributed by atoms with van der Waals surface area (Å²) in [6, 6.07) is 10.2. The molecule has 3 nitrogen and oxygen atoms in total. The van der Waals surface area contributed by atoms with Gasteiger partial charge in [-0.25, -0.2) is 0 Å². The van der Waals surface area contributed by atoms with Crippen LogP contribution in [0.15, 0.2) is 30.3 Å². The summed E-state index contributed by atoms with van der Waals surface area (Å²) in [5.74, 6) is 1.55. The van der Waals surface area contributed by atoms with E-state index >= 15 is 0 Å². The molecule has 2 aromatic rings. The number of fused-ring (bicyclic) bond motifs is 1. The van der Waals surface area contributed by atoms with Crippen LogP contribution in [0.1, 0.15) is 13.8 Å². The Morgan fingerprint density at radius 2 is 1.89 bits per heavy atom. The Balaban J connectivity index is 2.62. The molecule has 96 valence electrons. The van der Waals surface area contributed by atoms with Gasteiger partial charge >= 0.3 is 0 Å². The lowest BCUT2D eigenvalue weighted by Crippen LogP contribution is -2.06. The van der Waals surface area contributed by atoms with Crippen molar-refractivity contribution in [2.24, 2.45) is 0 Å². The van der Waals surface area contributed by atoms with Crippen LogP contribution in [-0.4, -0.2) is 20.3 Å². The van der Waals surface area contributed by atoms with Crippen LogP contribution < -0.4 is 14.8 Å². The van der Waals surface area contributed by atoms with E-state index in [0.717, 1.165) is 28.0 Å². The third-order valence-electron chi connectivity index (χ3n) is 2.80. The summed E-state index contributed by atoms with van der Waals surface area (Å²) in [4.78, 5) is 0. The lowest BCUT2D eigenvalue weighted by atomic mass is 10.1. The molecule has 0 heterocycles. The minimum atomic E-state index is 0.123. The van der Waals surface area contributed by atoms with E-state index in [1.165, 1.54) is 0 Å². The van der Waals surface area contributed by atoms with Crippen molar-refractivity contribution < 1.29 is 9.47 Å². The molecule has 0 radical (unpaired) electrons. The van der Waals surface area contributed by atoms with Crippen molar-refractivity contribution in [1.82, 2.24) is 0 Å². The lowest BCUT2D eigenvalue weighted by molar-refractivity contribution is 0.230. The quantitative estimate of drug-likeness (QED) is 0.891. The SMILES string of the molecule is CNc1cccc2cc(OC)c(OC(C)C)cc12.